The van der Waals surface area contributed by atoms with Gasteiger partial charge in [0.05, 0.1) is 30.5 Å². The lowest BCUT2D eigenvalue weighted by Gasteiger charge is -2.12. The molecule has 1 aromatic heterocycles. The predicted molar refractivity (Wildman–Crippen MR) is 78.6 cm³/mol. The molecule has 0 unspecified atom stereocenters. The quantitative estimate of drug-likeness (QED) is 0.869. The van der Waals surface area contributed by atoms with E-state index < -0.39 is 11.9 Å². The van der Waals surface area contributed by atoms with Crippen LogP contribution in [0.2, 0.25) is 0 Å². The van der Waals surface area contributed by atoms with Crippen molar-refractivity contribution in [3.8, 4) is 0 Å². The molecule has 1 N–H and O–H groups in total. The van der Waals surface area contributed by atoms with Crippen molar-refractivity contribution in [1.29, 1.82) is 0 Å². The van der Waals surface area contributed by atoms with Gasteiger partial charge in [0.15, 0.2) is 0 Å². The lowest BCUT2D eigenvalue weighted by molar-refractivity contribution is 0.0526. The molecule has 0 aliphatic heterocycles. The van der Waals surface area contributed by atoms with Gasteiger partial charge in [0.1, 0.15) is 5.56 Å². The molecule has 0 atom stereocenters. The van der Waals surface area contributed by atoms with Crippen LogP contribution < -0.4 is 5.32 Å². The Bertz CT molecular complexity index is 697. The van der Waals surface area contributed by atoms with E-state index in [0.717, 1.165) is 0 Å². The number of methoxy groups -OCH3 is 1. The summed E-state index contributed by atoms with van der Waals surface area (Å²) in [5.41, 5.74) is 1.96. The number of pyridine rings is 1. The fraction of sp³-hybridized carbons (Fsp3) is 0.267. The van der Waals surface area contributed by atoms with Crippen LogP contribution in [0.1, 0.15) is 27.6 Å². The summed E-state index contributed by atoms with van der Waals surface area (Å²) in [6, 6.07) is 4.98. The first kappa shape index (κ1) is 14.8. The zero-order chi connectivity index (χ0) is 15.4. The standard InChI is InChI=1S/C15H16N2O4/c1-4-21-15(19)11-8-17-12-6-5-9(14(18)20-3)7-10(12)13(11)16-2/h5-8H,4H2,1-3H3,(H,16,17). The topological polar surface area (TPSA) is 77.5 Å². The molecule has 0 fully saturated rings. The molecular formula is C15H16N2O4. The number of carbonyl (C=O) groups excluding carboxylic acids is 2. The number of ether oxygens (including phenoxy) is 2. The summed E-state index contributed by atoms with van der Waals surface area (Å²) in [5.74, 6) is -0.903. The van der Waals surface area contributed by atoms with Gasteiger partial charge in [-0.3, -0.25) is 4.98 Å². The maximum atomic E-state index is 11.9. The highest BCUT2D eigenvalue weighted by Gasteiger charge is 2.17. The van der Waals surface area contributed by atoms with Crippen molar-refractivity contribution in [1.82, 2.24) is 4.98 Å². The molecule has 0 aliphatic carbocycles. The largest absolute Gasteiger partial charge is 0.465 e. The van der Waals surface area contributed by atoms with Crippen molar-refractivity contribution >= 4 is 28.5 Å². The molecule has 0 amide bonds. The van der Waals surface area contributed by atoms with Gasteiger partial charge in [-0.25, -0.2) is 9.59 Å². The molecule has 0 saturated carbocycles. The molecule has 1 heterocycles. The number of rotatable bonds is 4. The Balaban J connectivity index is 2.64. The highest BCUT2D eigenvalue weighted by molar-refractivity contribution is 6.06. The molecule has 21 heavy (non-hydrogen) atoms. The lowest BCUT2D eigenvalue weighted by Crippen LogP contribution is -2.09. The number of nitrogens with one attached hydrogen (secondary N) is 1. The van der Waals surface area contributed by atoms with Gasteiger partial charge < -0.3 is 14.8 Å². The van der Waals surface area contributed by atoms with Crippen LogP contribution in [-0.4, -0.2) is 37.7 Å². The third kappa shape index (κ3) is 2.79. The van der Waals surface area contributed by atoms with Crippen LogP contribution in [0.25, 0.3) is 10.9 Å². The summed E-state index contributed by atoms with van der Waals surface area (Å²) >= 11 is 0. The second-order valence-electron chi connectivity index (χ2n) is 4.24. The fourth-order valence-electron chi connectivity index (χ4n) is 2.07. The number of hydrogen-bond donors (Lipinski definition) is 1. The number of anilines is 1. The first-order valence-electron chi connectivity index (χ1n) is 6.48. The second-order valence-corrected chi connectivity index (χ2v) is 4.24. The first-order chi connectivity index (χ1) is 10.1. The van der Waals surface area contributed by atoms with Crippen LogP contribution in [0, 0.1) is 0 Å². The van der Waals surface area contributed by atoms with Crippen LogP contribution in [0.4, 0.5) is 5.69 Å². The Labute approximate surface area is 122 Å². The SMILES string of the molecule is CCOC(=O)c1cnc2ccc(C(=O)OC)cc2c1NC. The Morgan fingerprint density at radius 3 is 2.67 bits per heavy atom. The number of nitrogens with zero attached hydrogens (tertiary/aromatic N) is 1. The Hall–Kier alpha value is -2.63. The summed E-state index contributed by atoms with van der Waals surface area (Å²) in [4.78, 5) is 27.8. The molecule has 2 rings (SSSR count). The van der Waals surface area contributed by atoms with Gasteiger partial charge in [-0.15, -0.1) is 0 Å². The van der Waals surface area contributed by atoms with Gasteiger partial charge in [0, 0.05) is 18.6 Å². The molecule has 0 spiro atoms. The van der Waals surface area contributed by atoms with Crippen LogP contribution in [0.15, 0.2) is 24.4 Å². The molecule has 1 aromatic carbocycles. The summed E-state index contributed by atoms with van der Waals surface area (Å²) in [6.07, 6.45) is 1.46. The van der Waals surface area contributed by atoms with Crippen molar-refractivity contribution in [3.63, 3.8) is 0 Å². The molecule has 0 aliphatic rings. The van der Waals surface area contributed by atoms with E-state index in [2.05, 4.69) is 10.3 Å². The highest BCUT2D eigenvalue weighted by Crippen LogP contribution is 2.27. The summed E-state index contributed by atoms with van der Waals surface area (Å²) in [5, 5.41) is 3.63. The van der Waals surface area contributed by atoms with Gasteiger partial charge in [0.25, 0.3) is 0 Å². The lowest BCUT2D eigenvalue weighted by atomic mass is 10.1. The predicted octanol–water partition coefficient (Wildman–Crippen LogP) is 2.24. The monoisotopic (exact) mass is 288 g/mol. The smallest absolute Gasteiger partial charge is 0.341 e. The number of esters is 2. The molecule has 2 aromatic rings. The average Bonchev–Trinajstić information content (AvgIpc) is 2.52. The van der Waals surface area contributed by atoms with E-state index in [1.807, 2.05) is 0 Å². The van der Waals surface area contributed by atoms with Crippen LogP contribution >= 0.6 is 0 Å². The third-order valence-corrected chi connectivity index (χ3v) is 3.03. The number of carbonyl (C=O) groups is 2. The summed E-state index contributed by atoms with van der Waals surface area (Å²) < 4.78 is 9.71. The minimum absolute atomic E-state index is 0.280. The van der Waals surface area contributed by atoms with Crippen LogP contribution in [-0.2, 0) is 9.47 Å². The maximum Gasteiger partial charge on any atom is 0.341 e. The van der Waals surface area contributed by atoms with Crippen LogP contribution in [0.5, 0.6) is 0 Å². The van der Waals surface area contributed by atoms with E-state index in [0.29, 0.717) is 27.7 Å². The Morgan fingerprint density at radius 1 is 1.29 bits per heavy atom. The average molecular weight is 288 g/mol. The normalized spacial score (nSPS) is 10.2. The van der Waals surface area contributed by atoms with Gasteiger partial charge in [-0.05, 0) is 25.1 Å². The van der Waals surface area contributed by atoms with Crippen LogP contribution in [0.3, 0.4) is 0 Å². The van der Waals surface area contributed by atoms with Crippen molar-refractivity contribution in [3.05, 3.63) is 35.5 Å². The third-order valence-electron chi connectivity index (χ3n) is 3.03. The first-order valence-corrected chi connectivity index (χ1v) is 6.48. The van der Waals surface area contributed by atoms with Crippen molar-refractivity contribution in [2.24, 2.45) is 0 Å². The number of benzene rings is 1. The molecule has 0 saturated heterocycles. The van der Waals surface area contributed by atoms with Gasteiger partial charge >= 0.3 is 11.9 Å². The van der Waals surface area contributed by atoms with E-state index in [-0.39, 0.29) is 6.61 Å². The van der Waals surface area contributed by atoms with Gasteiger partial charge in [0.2, 0.25) is 0 Å². The molecule has 110 valence electrons. The zero-order valence-corrected chi connectivity index (χ0v) is 12.1. The molecule has 0 bridgehead atoms. The van der Waals surface area contributed by atoms with Gasteiger partial charge in [-0.1, -0.05) is 0 Å². The molecular weight excluding hydrogens is 272 g/mol. The minimum Gasteiger partial charge on any atom is -0.465 e. The Morgan fingerprint density at radius 2 is 2.05 bits per heavy atom. The van der Waals surface area contributed by atoms with Gasteiger partial charge in [-0.2, -0.15) is 0 Å². The van der Waals surface area contributed by atoms with Crippen molar-refractivity contribution < 1.29 is 19.1 Å². The van der Waals surface area contributed by atoms with E-state index >= 15 is 0 Å². The highest BCUT2D eigenvalue weighted by atomic mass is 16.5. The summed E-state index contributed by atoms with van der Waals surface area (Å²) in [7, 11) is 3.01. The maximum absolute atomic E-state index is 11.9. The van der Waals surface area contributed by atoms with Crippen molar-refractivity contribution in [2.75, 3.05) is 26.1 Å². The molecule has 0 radical (unpaired) electrons. The van der Waals surface area contributed by atoms with E-state index in [4.69, 9.17) is 9.47 Å². The Kier molecular flexibility index (Phi) is 4.37. The van der Waals surface area contributed by atoms with Crippen molar-refractivity contribution in [2.45, 2.75) is 6.92 Å². The number of fused-ring (bicyclic) bond motifs is 1. The zero-order valence-electron chi connectivity index (χ0n) is 12.1. The number of aromatic nitrogens is 1. The minimum atomic E-state index is -0.459. The van der Waals surface area contributed by atoms with E-state index in [1.54, 1.807) is 32.2 Å². The second kappa shape index (κ2) is 6.21. The van der Waals surface area contributed by atoms with E-state index in [9.17, 15) is 9.59 Å². The summed E-state index contributed by atoms with van der Waals surface area (Å²) in [6.45, 7) is 2.02. The molecule has 6 heteroatoms. The number of hydrogen-bond acceptors (Lipinski definition) is 6. The molecule has 6 nitrogen and oxygen atoms in total. The fourth-order valence-corrected chi connectivity index (χ4v) is 2.07. The van der Waals surface area contributed by atoms with E-state index in [1.165, 1.54) is 13.3 Å².